The second kappa shape index (κ2) is 18.2. The van der Waals surface area contributed by atoms with Crippen molar-refractivity contribution in [3.63, 3.8) is 0 Å². The molecule has 2 rings (SSSR count). The topological polar surface area (TPSA) is 68.0 Å². The van der Waals surface area contributed by atoms with Crippen molar-refractivity contribution in [2.24, 2.45) is 0 Å². The zero-order valence-electron chi connectivity index (χ0n) is 21.5. The van der Waals surface area contributed by atoms with Gasteiger partial charge < -0.3 is 5.11 Å². The van der Waals surface area contributed by atoms with Crippen LogP contribution in [0.5, 0.6) is 0 Å². The van der Waals surface area contributed by atoms with E-state index in [9.17, 15) is 4.79 Å². The van der Waals surface area contributed by atoms with Crippen molar-refractivity contribution in [1.29, 1.82) is 0 Å². The van der Waals surface area contributed by atoms with E-state index in [0.717, 1.165) is 30.6 Å². The second-order valence-electron chi connectivity index (χ2n) is 9.85. The Hall–Kier alpha value is -2.17. The maximum atomic E-state index is 10.5. The molecule has 5 heteroatoms. The van der Waals surface area contributed by atoms with E-state index < -0.39 is 5.97 Å². The molecule has 0 aliphatic carbocycles. The van der Waals surface area contributed by atoms with Crippen molar-refractivity contribution in [3.8, 4) is 5.69 Å². The van der Waals surface area contributed by atoms with Crippen LogP contribution in [-0.2, 0) is 11.2 Å². The van der Waals surface area contributed by atoms with Gasteiger partial charge in [0.15, 0.2) is 0 Å². The van der Waals surface area contributed by atoms with E-state index in [2.05, 4.69) is 41.6 Å². The molecule has 1 heterocycles. The van der Waals surface area contributed by atoms with E-state index in [0.29, 0.717) is 6.42 Å². The summed E-state index contributed by atoms with van der Waals surface area (Å²) in [5, 5.41) is 17.3. The van der Waals surface area contributed by atoms with E-state index in [1.807, 2.05) is 10.7 Å². The van der Waals surface area contributed by atoms with Crippen LogP contribution in [0.3, 0.4) is 0 Å². The Labute approximate surface area is 207 Å². The van der Waals surface area contributed by atoms with Gasteiger partial charge in [-0.1, -0.05) is 120 Å². The van der Waals surface area contributed by atoms with Gasteiger partial charge >= 0.3 is 5.97 Å². The van der Waals surface area contributed by atoms with Gasteiger partial charge in [-0.3, -0.25) is 4.79 Å². The zero-order chi connectivity index (χ0) is 24.3. The van der Waals surface area contributed by atoms with Crippen LogP contribution >= 0.6 is 0 Å². The van der Waals surface area contributed by atoms with Gasteiger partial charge in [-0.2, -0.15) is 0 Å². The molecule has 1 N–H and O–H groups in total. The summed E-state index contributed by atoms with van der Waals surface area (Å²) < 4.78 is 1.90. The molecule has 0 unspecified atom stereocenters. The highest BCUT2D eigenvalue weighted by Gasteiger charge is 2.05. The average molecular weight is 470 g/mol. The fourth-order valence-electron chi connectivity index (χ4n) is 4.59. The molecule has 0 aliphatic rings. The van der Waals surface area contributed by atoms with E-state index in [-0.39, 0.29) is 0 Å². The van der Waals surface area contributed by atoms with Crippen LogP contribution in [0.2, 0.25) is 0 Å². The number of hydrogen-bond acceptors (Lipinski definition) is 3. The molecule has 0 amide bonds. The largest absolute Gasteiger partial charge is 0.481 e. The summed E-state index contributed by atoms with van der Waals surface area (Å²) in [7, 11) is 0. The summed E-state index contributed by atoms with van der Waals surface area (Å²) in [5.74, 6) is -0.660. The number of aliphatic carboxylic acids is 1. The quantitative estimate of drug-likeness (QED) is 0.187. The number of aryl methyl sites for hydroxylation is 2. The number of carbonyl (C=O) groups is 1. The number of carboxylic acids is 1. The van der Waals surface area contributed by atoms with E-state index in [1.54, 1.807) is 0 Å². The molecule has 0 saturated carbocycles. The SMILES string of the molecule is Cc1ccccc1-n1cc(CCCCCCCCCCCCCCCCCCCC(=O)O)nn1. The van der Waals surface area contributed by atoms with Crippen molar-refractivity contribution < 1.29 is 9.90 Å². The maximum Gasteiger partial charge on any atom is 0.303 e. The number of aromatic nitrogens is 3. The van der Waals surface area contributed by atoms with E-state index >= 15 is 0 Å². The summed E-state index contributed by atoms with van der Waals surface area (Å²) in [5.41, 5.74) is 3.43. The van der Waals surface area contributed by atoms with Crippen LogP contribution in [0.1, 0.15) is 127 Å². The van der Waals surface area contributed by atoms with Crippen LogP contribution in [0.25, 0.3) is 5.69 Å². The van der Waals surface area contributed by atoms with Gasteiger partial charge in [-0.25, -0.2) is 4.68 Å². The highest BCUT2D eigenvalue weighted by molar-refractivity contribution is 5.66. The normalized spacial score (nSPS) is 11.2. The highest BCUT2D eigenvalue weighted by Crippen LogP contribution is 2.16. The summed E-state index contributed by atoms with van der Waals surface area (Å²) in [6, 6.07) is 8.29. The molecule has 0 bridgehead atoms. The van der Waals surface area contributed by atoms with E-state index in [1.165, 1.54) is 102 Å². The van der Waals surface area contributed by atoms with Gasteiger partial charge in [0.05, 0.1) is 17.6 Å². The van der Waals surface area contributed by atoms with Crippen molar-refractivity contribution in [2.75, 3.05) is 0 Å². The molecule has 5 nitrogen and oxygen atoms in total. The molecular formula is C29H47N3O2. The number of rotatable bonds is 21. The van der Waals surface area contributed by atoms with Gasteiger partial charge in [0.2, 0.25) is 0 Å². The fraction of sp³-hybridized carbons (Fsp3) is 0.690. The molecule has 0 atom stereocenters. The van der Waals surface area contributed by atoms with Crippen LogP contribution in [0.4, 0.5) is 0 Å². The summed E-state index contributed by atoms with van der Waals surface area (Å²) in [6.45, 7) is 2.11. The molecule has 0 radical (unpaired) electrons. The molecule has 0 saturated heterocycles. The lowest BCUT2D eigenvalue weighted by Crippen LogP contribution is -1.97. The van der Waals surface area contributed by atoms with Crippen molar-refractivity contribution in [1.82, 2.24) is 15.0 Å². The average Bonchev–Trinajstić information content (AvgIpc) is 3.29. The van der Waals surface area contributed by atoms with Crippen molar-refractivity contribution in [2.45, 2.75) is 129 Å². The Kier molecular flexibility index (Phi) is 15.0. The van der Waals surface area contributed by atoms with E-state index in [4.69, 9.17) is 5.11 Å². The minimum absolute atomic E-state index is 0.334. The van der Waals surface area contributed by atoms with Gasteiger partial charge in [-0.05, 0) is 37.8 Å². The minimum Gasteiger partial charge on any atom is -0.481 e. The monoisotopic (exact) mass is 469 g/mol. The smallest absolute Gasteiger partial charge is 0.303 e. The van der Waals surface area contributed by atoms with Crippen LogP contribution < -0.4 is 0 Å². The van der Waals surface area contributed by atoms with Gasteiger partial charge in [0.1, 0.15) is 0 Å². The molecule has 190 valence electrons. The van der Waals surface area contributed by atoms with Gasteiger partial charge in [0, 0.05) is 6.42 Å². The first-order valence-electron chi connectivity index (χ1n) is 13.9. The number of carboxylic acid groups (broad SMARTS) is 1. The summed E-state index contributed by atoms with van der Waals surface area (Å²) in [6.07, 6.45) is 25.4. The number of benzene rings is 1. The number of para-hydroxylation sites is 1. The first kappa shape index (κ1) is 28.1. The Morgan fingerprint density at radius 3 is 1.71 bits per heavy atom. The Morgan fingerprint density at radius 1 is 0.735 bits per heavy atom. The second-order valence-corrected chi connectivity index (χ2v) is 9.85. The number of nitrogens with zero attached hydrogens (tertiary/aromatic N) is 3. The Balaban J connectivity index is 1.32. The Bertz CT molecular complexity index is 787. The third-order valence-electron chi connectivity index (χ3n) is 6.73. The van der Waals surface area contributed by atoms with Crippen molar-refractivity contribution in [3.05, 3.63) is 41.7 Å². The minimum atomic E-state index is -0.660. The Morgan fingerprint density at radius 2 is 1.21 bits per heavy atom. The molecule has 1 aromatic carbocycles. The standard InChI is InChI=1S/C29H47N3O2/c1-26-21-19-20-23-28(26)32-25-27(30-31-32)22-17-15-13-11-9-7-5-3-2-4-6-8-10-12-14-16-18-24-29(33)34/h19-21,23,25H,2-18,22,24H2,1H3,(H,33,34). The van der Waals surface area contributed by atoms with Gasteiger partial charge in [0.25, 0.3) is 0 Å². The molecule has 2 aromatic rings. The molecule has 1 aromatic heterocycles. The van der Waals surface area contributed by atoms with Gasteiger partial charge in [-0.15, -0.1) is 5.10 Å². The lowest BCUT2D eigenvalue weighted by molar-refractivity contribution is -0.137. The van der Waals surface area contributed by atoms with Crippen molar-refractivity contribution >= 4 is 5.97 Å². The van der Waals surface area contributed by atoms with Crippen LogP contribution in [-0.4, -0.2) is 26.1 Å². The first-order chi connectivity index (χ1) is 16.7. The highest BCUT2D eigenvalue weighted by atomic mass is 16.4. The maximum absolute atomic E-state index is 10.5. The van der Waals surface area contributed by atoms with Crippen LogP contribution in [0, 0.1) is 6.92 Å². The van der Waals surface area contributed by atoms with Crippen LogP contribution in [0.15, 0.2) is 30.5 Å². The fourth-order valence-corrected chi connectivity index (χ4v) is 4.59. The lowest BCUT2D eigenvalue weighted by Gasteiger charge is -2.04. The summed E-state index contributed by atoms with van der Waals surface area (Å²) in [4.78, 5) is 10.5. The third-order valence-corrected chi connectivity index (χ3v) is 6.73. The molecular weight excluding hydrogens is 422 g/mol. The number of hydrogen-bond donors (Lipinski definition) is 1. The molecule has 34 heavy (non-hydrogen) atoms. The first-order valence-corrected chi connectivity index (χ1v) is 13.9. The zero-order valence-corrected chi connectivity index (χ0v) is 21.5. The summed E-state index contributed by atoms with van der Waals surface area (Å²) >= 11 is 0. The lowest BCUT2D eigenvalue weighted by atomic mass is 10.0. The number of unbranched alkanes of at least 4 members (excludes halogenated alkanes) is 16. The third kappa shape index (κ3) is 12.9. The predicted octanol–water partition coefficient (Wildman–Crippen LogP) is 8.22. The molecule has 0 spiro atoms. The molecule has 0 aliphatic heterocycles. The molecule has 0 fully saturated rings. The predicted molar refractivity (Wildman–Crippen MR) is 141 cm³/mol.